The standard InChI is InChI=1S/C26H20FN3O4S/c1-28-25(31)23-18-12-15(6-11-20(18)34-24(23)16-7-9-17(27)10-8-16)14-33-26(32)29-13-22-30-19-4-2-3-5-21(19)35-22/h2-12H,13-14H2,1H3,(H,28,31)(H,29,32). The second kappa shape index (κ2) is 9.55. The monoisotopic (exact) mass is 489 g/mol. The number of amides is 2. The van der Waals surface area contributed by atoms with Crippen molar-refractivity contribution in [3.05, 3.63) is 88.7 Å². The van der Waals surface area contributed by atoms with Gasteiger partial charge in [0.25, 0.3) is 5.91 Å². The van der Waals surface area contributed by atoms with Gasteiger partial charge in [-0.15, -0.1) is 11.3 Å². The quantitative estimate of drug-likeness (QED) is 0.322. The maximum absolute atomic E-state index is 13.4. The van der Waals surface area contributed by atoms with Crippen LogP contribution in [0.3, 0.4) is 0 Å². The van der Waals surface area contributed by atoms with Crippen molar-refractivity contribution >= 4 is 44.5 Å². The van der Waals surface area contributed by atoms with Crippen molar-refractivity contribution in [2.75, 3.05) is 7.05 Å². The average molecular weight is 490 g/mol. The number of rotatable bonds is 6. The number of aromatic nitrogens is 1. The molecular formula is C26H20FN3O4S. The summed E-state index contributed by atoms with van der Waals surface area (Å²) < 4.78 is 25.7. The van der Waals surface area contributed by atoms with Gasteiger partial charge in [0, 0.05) is 18.0 Å². The van der Waals surface area contributed by atoms with E-state index in [2.05, 4.69) is 15.6 Å². The van der Waals surface area contributed by atoms with E-state index in [1.54, 1.807) is 30.3 Å². The first kappa shape index (κ1) is 22.5. The van der Waals surface area contributed by atoms with Gasteiger partial charge in [0.05, 0.1) is 22.3 Å². The third-order valence-corrected chi connectivity index (χ3v) is 6.44. The fourth-order valence-electron chi connectivity index (χ4n) is 3.73. The third kappa shape index (κ3) is 4.71. The second-order valence-corrected chi connectivity index (χ2v) is 8.84. The number of thiazole rings is 1. The highest BCUT2D eigenvalue weighted by atomic mass is 32.1. The van der Waals surface area contributed by atoms with Crippen LogP contribution >= 0.6 is 11.3 Å². The average Bonchev–Trinajstić information content (AvgIpc) is 3.47. The fourth-order valence-corrected chi connectivity index (χ4v) is 4.64. The van der Waals surface area contributed by atoms with Gasteiger partial charge in [-0.2, -0.15) is 0 Å². The van der Waals surface area contributed by atoms with Crippen molar-refractivity contribution < 1.29 is 23.1 Å². The van der Waals surface area contributed by atoms with Crippen LogP contribution in [0.1, 0.15) is 20.9 Å². The number of carbonyl (C=O) groups is 2. The Bertz CT molecular complexity index is 1510. The van der Waals surface area contributed by atoms with Gasteiger partial charge in [0.15, 0.2) is 0 Å². The topological polar surface area (TPSA) is 93.5 Å². The number of furan rings is 1. The number of alkyl carbamates (subject to hydrolysis) is 1. The lowest BCUT2D eigenvalue weighted by atomic mass is 10.0. The first-order valence-corrected chi connectivity index (χ1v) is 11.6. The molecule has 0 saturated heterocycles. The van der Waals surface area contributed by atoms with Crippen LogP contribution < -0.4 is 10.6 Å². The molecule has 0 atom stereocenters. The highest BCUT2D eigenvalue weighted by Gasteiger charge is 2.22. The molecule has 0 fully saturated rings. The number of ether oxygens (including phenoxy) is 1. The van der Waals surface area contributed by atoms with E-state index < -0.39 is 6.09 Å². The minimum Gasteiger partial charge on any atom is -0.455 e. The molecule has 35 heavy (non-hydrogen) atoms. The lowest BCUT2D eigenvalue weighted by molar-refractivity contribution is 0.0964. The van der Waals surface area contributed by atoms with E-state index in [9.17, 15) is 14.0 Å². The molecule has 9 heteroatoms. The Labute approximate surface area is 203 Å². The molecule has 0 unspecified atom stereocenters. The first-order chi connectivity index (χ1) is 17.0. The zero-order valence-corrected chi connectivity index (χ0v) is 19.4. The highest BCUT2D eigenvalue weighted by molar-refractivity contribution is 7.18. The highest BCUT2D eigenvalue weighted by Crippen LogP contribution is 2.34. The number of carbonyl (C=O) groups excluding carboxylic acids is 2. The van der Waals surface area contributed by atoms with Gasteiger partial charge < -0.3 is 19.8 Å². The van der Waals surface area contributed by atoms with Crippen molar-refractivity contribution in [2.45, 2.75) is 13.2 Å². The molecule has 176 valence electrons. The van der Waals surface area contributed by atoms with Gasteiger partial charge in [-0.05, 0) is 54.1 Å². The predicted octanol–water partition coefficient (Wildman–Crippen LogP) is 5.63. The molecule has 0 saturated carbocycles. The molecule has 0 aliphatic heterocycles. The molecule has 0 bridgehead atoms. The minimum atomic E-state index is -0.574. The summed E-state index contributed by atoms with van der Waals surface area (Å²) in [4.78, 5) is 29.4. The zero-order chi connectivity index (χ0) is 24.4. The van der Waals surface area contributed by atoms with Crippen molar-refractivity contribution in [3.8, 4) is 11.3 Å². The Kier molecular flexibility index (Phi) is 6.15. The van der Waals surface area contributed by atoms with E-state index in [-0.39, 0.29) is 24.9 Å². The number of para-hydroxylation sites is 1. The van der Waals surface area contributed by atoms with Crippen LogP contribution in [-0.4, -0.2) is 24.0 Å². The number of nitrogens with zero attached hydrogens (tertiary/aromatic N) is 1. The Morgan fingerprint density at radius 3 is 2.66 bits per heavy atom. The molecule has 0 aliphatic rings. The van der Waals surface area contributed by atoms with Crippen LogP contribution in [-0.2, 0) is 17.9 Å². The van der Waals surface area contributed by atoms with Crippen molar-refractivity contribution in [3.63, 3.8) is 0 Å². The Hall–Kier alpha value is -4.24. The van der Waals surface area contributed by atoms with E-state index >= 15 is 0 Å². The molecule has 5 rings (SSSR count). The Morgan fingerprint density at radius 1 is 1.09 bits per heavy atom. The zero-order valence-electron chi connectivity index (χ0n) is 18.6. The number of halogens is 1. The maximum atomic E-state index is 13.4. The SMILES string of the molecule is CNC(=O)c1c(-c2ccc(F)cc2)oc2ccc(COC(=O)NCc3nc4ccccc4s3)cc12. The molecule has 2 N–H and O–H groups in total. The van der Waals surface area contributed by atoms with E-state index in [1.807, 2.05) is 24.3 Å². The number of fused-ring (bicyclic) bond motifs is 2. The van der Waals surface area contributed by atoms with Crippen molar-refractivity contribution in [2.24, 2.45) is 0 Å². The summed E-state index contributed by atoms with van der Waals surface area (Å²) in [6.45, 7) is 0.270. The summed E-state index contributed by atoms with van der Waals surface area (Å²) in [5.74, 6) is -0.382. The second-order valence-electron chi connectivity index (χ2n) is 7.73. The predicted molar refractivity (Wildman–Crippen MR) is 132 cm³/mol. The number of benzene rings is 3. The maximum Gasteiger partial charge on any atom is 0.407 e. The largest absolute Gasteiger partial charge is 0.455 e. The van der Waals surface area contributed by atoms with Gasteiger partial charge >= 0.3 is 6.09 Å². The summed E-state index contributed by atoms with van der Waals surface area (Å²) >= 11 is 1.51. The summed E-state index contributed by atoms with van der Waals surface area (Å²) in [5, 5.41) is 6.68. The minimum absolute atomic E-state index is 0.00582. The summed E-state index contributed by atoms with van der Waals surface area (Å²) in [7, 11) is 1.53. The van der Waals surface area contributed by atoms with Crippen LogP contribution in [0.2, 0.25) is 0 Å². The van der Waals surface area contributed by atoms with Gasteiger partial charge in [-0.25, -0.2) is 14.2 Å². The van der Waals surface area contributed by atoms with E-state index in [4.69, 9.17) is 9.15 Å². The molecule has 3 aromatic carbocycles. The van der Waals surface area contributed by atoms with Crippen LogP contribution in [0.5, 0.6) is 0 Å². The molecule has 2 aromatic heterocycles. The molecule has 7 nitrogen and oxygen atoms in total. The van der Waals surface area contributed by atoms with Gasteiger partial charge in [0.2, 0.25) is 0 Å². The van der Waals surface area contributed by atoms with Crippen molar-refractivity contribution in [1.82, 2.24) is 15.6 Å². The van der Waals surface area contributed by atoms with E-state index in [0.717, 1.165) is 15.2 Å². The third-order valence-electron chi connectivity index (χ3n) is 5.40. The van der Waals surface area contributed by atoms with Gasteiger partial charge in [-0.1, -0.05) is 18.2 Å². The van der Waals surface area contributed by atoms with E-state index in [1.165, 1.54) is 30.5 Å². The number of hydrogen-bond donors (Lipinski definition) is 2. The van der Waals surface area contributed by atoms with Crippen LogP contribution in [0.25, 0.3) is 32.5 Å². The first-order valence-electron chi connectivity index (χ1n) is 10.8. The smallest absolute Gasteiger partial charge is 0.407 e. The Morgan fingerprint density at radius 2 is 1.89 bits per heavy atom. The molecular weight excluding hydrogens is 469 g/mol. The van der Waals surface area contributed by atoms with Crippen molar-refractivity contribution in [1.29, 1.82) is 0 Å². The summed E-state index contributed by atoms with van der Waals surface area (Å²) in [6, 6.07) is 18.7. The number of nitrogens with one attached hydrogen (secondary N) is 2. The summed E-state index contributed by atoms with van der Waals surface area (Å²) in [6.07, 6.45) is -0.574. The molecule has 2 amide bonds. The van der Waals surface area contributed by atoms with Crippen LogP contribution in [0, 0.1) is 5.82 Å². The summed E-state index contributed by atoms with van der Waals surface area (Å²) in [5.41, 5.74) is 2.98. The normalized spacial score (nSPS) is 11.0. The van der Waals surface area contributed by atoms with Crippen LogP contribution in [0.4, 0.5) is 9.18 Å². The van der Waals surface area contributed by atoms with Gasteiger partial charge in [0.1, 0.15) is 28.8 Å². The number of hydrogen-bond acceptors (Lipinski definition) is 6. The molecule has 5 aromatic rings. The Balaban J connectivity index is 1.31. The molecule has 2 heterocycles. The lowest BCUT2D eigenvalue weighted by Gasteiger charge is -2.06. The fraction of sp³-hybridized carbons (Fsp3) is 0.115. The molecule has 0 radical (unpaired) electrons. The van der Waals surface area contributed by atoms with E-state index in [0.29, 0.717) is 33.4 Å². The lowest BCUT2D eigenvalue weighted by Crippen LogP contribution is -2.23. The van der Waals surface area contributed by atoms with Gasteiger partial charge in [-0.3, -0.25) is 4.79 Å². The molecule has 0 spiro atoms. The molecule has 0 aliphatic carbocycles. The van der Waals surface area contributed by atoms with Crippen LogP contribution in [0.15, 0.2) is 71.1 Å².